The van der Waals surface area contributed by atoms with Crippen molar-refractivity contribution >= 4 is 16.8 Å². The third-order valence-electron chi connectivity index (χ3n) is 6.29. The molecular formula is C26H34N4O. The van der Waals surface area contributed by atoms with Crippen LogP contribution >= 0.6 is 0 Å². The van der Waals surface area contributed by atoms with E-state index in [2.05, 4.69) is 65.0 Å². The number of aryl methyl sites for hydroxylation is 1. The number of H-pyrrole nitrogens is 1. The van der Waals surface area contributed by atoms with Crippen LogP contribution in [-0.4, -0.2) is 36.1 Å². The van der Waals surface area contributed by atoms with Crippen LogP contribution in [-0.2, 0) is 0 Å². The summed E-state index contributed by atoms with van der Waals surface area (Å²) < 4.78 is 0. The molecule has 5 nitrogen and oxygen atoms in total. The fourth-order valence-corrected chi connectivity index (χ4v) is 4.44. The molecular weight excluding hydrogens is 384 g/mol. The zero-order valence-electron chi connectivity index (χ0n) is 18.4. The largest absolute Gasteiger partial charge is 0.351 e. The Labute approximate surface area is 184 Å². The van der Waals surface area contributed by atoms with Gasteiger partial charge in [0.1, 0.15) is 5.69 Å². The van der Waals surface area contributed by atoms with Crippen molar-refractivity contribution in [2.24, 2.45) is 5.73 Å². The number of aromatic amines is 1. The smallest absolute Gasteiger partial charge is 0.267 e. The normalized spacial score (nSPS) is 18.9. The van der Waals surface area contributed by atoms with E-state index in [4.69, 9.17) is 5.73 Å². The molecule has 0 saturated heterocycles. The maximum Gasteiger partial charge on any atom is 0.267 e. The van der Waals surface area contributed by atoms with Crippen molar-refractivity contribution in [1.29, 1.82) is 0 Å². The van der Waals surface area contributed by atoms with Crippen LogP contribution in [0.2, 0.25) is 0 Å². The van der Waals surface area contributed by atoms with E-state index in [1.807, 2.05) is 6.07 Å². The van der Waals surface area contributed by atoms with Crippen molar-refractivity contribution < 1.29 is 4.79 Å². The molecule has 1 aliphatic rings. The fraction of sp³-hybridized carbons (Fsp3) is 0.423. The molecule has 5 heteroatoms. The maximum absolute atomic E-state index is 12.6. The first-order valence-electron chi connectivity index (χ1n) is 11.6. The number of nitrogens with one attached hydrogen (secondary N) is 3. The van der Waals surface area contributed by atoms with Gasteiger partial charge >= 0.3 is 0 Å². The lowest BCUT2D eigenvalue weighted by Gasteiger charge is -2.27. The molecule has 2 atom stereocenters. The Morgan fingerprint density at radius 1 is 1.03 bits per heavy atom. The van der Waals surface area contributed by atoms with Crippen molar-refractivity contribution in [3.05, 3.63) is 59.8 Å². The average molecular weight is 419 g/mol. The van der Waals surface area contributed by atoms with Gasteiger partial charge in [-0.3, -0.25) is 4.79 Å². The third kappa shape index (κ3) is 5.75. The van der Waals surface area contributed by atoms with Crippen molar-refractivity contribution in [3.8, 4) is 11.1 Å². The summed E-state index contributed by atoms with van der Waals surface area (Å²) in [7, 11) is 0. The van der Waals surface area contributed by atoms with Crippen LogP contribution in [0.4, 0.5) is 0 Å². The maximum atomic E-state index is 12.6. The summed E-state index contributed by atoms with van der Waals surface area (Å²) in [5.41, 5.74) is 11.2. The van der Waals surface area contributed by atoms with Crippen molar-refractivity contribution in [2.45, 2.75) is 57.5 Å². The molecule has 1 saturated carbocycles. The molecule has 1 amide bonds. The number of nitrogens with two attached hydrogens (primary N) is 1. The van der Waals surface area contributed by atoms with Crippen molar-refractivity contribution in [2.75, 3.05) is 13.1 Å². The van der Waals surface area contributed by atoms with Crippen LogP contribution < -0.4 is 16.4 Å². The first kappa shape index (κ1) is 21.6. The highest BCUT2D eigenvalue weighted by molar-refractivity contribution is 5.98. The second-order valence-corrected chi connectivity index (χ2v) is 8.89. The molecule has 0 aliphatic heterocycles. The quantitative estimate of drug-likeness (QED) is 0.406. The molecule has 31 heavy (non-hydrogen) atoms. The summed E-state index contributed by atoms with van der Waals surface area (Å²) in [5.74, 6) is -0.0423. The number of fused-ring (bicyclic) bond motifs is 1. The number of carbonyl (C=O) groups excluding carboxylic acids is 1. The van der Waals surface area contributed by atoms with Gasteiger partial charge in [-0.15, -0.1) is 0 Å². The first-order valence-corrected chi connectivity index (χ1v) is 11.6. The minimum absolute atomic E-state index is 0.0423. The SMILES string of the molecule is Cc1ccc(-c2ccc3cc(C(=O)NCCCCNC4CCCC(N)C4)[nH]c3c2)cc1. The minimum atomic E-state index is -0.0423. The van der Waals surface area contributed by atoms with Crippen LogP contribution in [0.5, 0.6) is 0 Å². The molecule has 1 heterocycles. The summed E-state index contributed by atoms with van der Waals surface area (Å²) in [6.07, 6.45) is 6.73. The molecule has 1 fully saturated rings. The molecule has 164 valence electrons. The van der Waals surface area contributed by atoms with Crippen molar-refractivity contribution in [1.82, 2.24) is 15.6 Å². The summed E-state index contributed by atoms with van der Waals surface area (Å²) in [4.78, 5) is 15.8. The number of hydrogen-bond donors (Lipinski definition) is 4. The molecule has 2 aromatic carbocycles. The molecule has 1 aliphatic carbocycles. The van der Waals surface area contributed by atoms with Crippen LogP contribution in [0.1, 0.15) is 54.6 Å². The minimum Gasteiger partial charge on any atom is -0.351 e. The number of carbonyl (C=O) groups is 1. The van der Waals surface area contributed by atoms with Gasteiger partial charge in [0, 0.05) is 29.5 Å². The van der Waals surface area contributed by atoms with Crippen LogP contribution in [0.15, 0.2) is 48.5 Å². The van der Waals surface area contributed by atoms with E-state index in [0.717, 1.165) is 48.7 Å². The van der Waals surface area contributed by atoms with Gasteiger partial charge in [0.2, 0.25) is 0 Å². The molecule has 4 rings (SSSR count). The lowest BCUT2D eigenvalue weighted by atomic mass is 9.91. The Kier molecular flexibility index (Phi) is 7.05. The number of amides is 1. The number of unbranched alkanes of at least 4 members (excludes halogenated alkanes) is 1. The Morgan fingerprint density at radius 3 is 2.61 bits per heavy atom. The Morgan fingerprint density at radius 2 is 1.81 bits per heavy atom. The van der Waals surface area contributed by atoms with E-state index in [0.29, 0.717) is 24.3 Å². The lowest BCUT2D eigenvalue weighted by Crippen LogP contribution is -2.39. The monoisotopic (exact) mass is 418 g/mol. The number of rotatable bonds is 8. The van der Waals surface area contributed by atoms with E-state index in [9.17, 15) is 4.79 Å². The highest BCUT2D eigenvalue weighted by Gasteiger charge is 2.18. The molecule has 0 radical (unpaired) electrons. The van der Waals surface area contributed by atoms with Gasteiger partial charge in [-0.25, -0.2) is 0 Å². The summed E-state index contributed by atoms with van der Waals surface area (Å²) in [5, 5.41) is 7.70. The second kappa shape index (κ2) is 10.1. The van der Waals surface area contributed by atoms with Gasteiger partial charge < -0.3 is 21.4 Å². The Balaban J connectivity index is 1.24. The Hall–Kier alpha value is -2.63. The fourth-order valence-electron chi connectivity index (χ4n) is 4.44. The highest BCUT2D eigenvalue weighted by atomic mass is 16.1. The average Bonchev–Trinajstić information content (AvgIpc) is 3.20. The zero-order chi connectivity index (χ0) is 21.6. The molecule has 0 spiro atoms. The van der Waals surface area contributed by atoms with Gasteiger partial charge in [0.25, 0.3) is 5.91 Å². The molecule has 1 aromatic heterocycles. The number of aromatic nitrogens is 1. The van der Waals surface area contributed by atoms with Gasteiger partial charge in [0.15, 0.2) is 0 Å². The van der Waals surface area contributed by atoms with Gasteiger partial charge in [-0.2, -0.15) is 0 Å². The molecule has 3 aromatic rings. The van der Waals surface area contributed by atoms with Crippen LogP contribution in [0, 0.1) is 6.92 Å². The van der Waals surface area contributed by atoms with E-state index >= 15 is 0 Å². The summed E-state index contributed by atoms with van der Waals surface area (Å²) in [6.45, 7) is 3.77. The van der Waals surface area contributed by atoms with E-state index in [1.165, 1.54) is 24.0 Å². The van der Waals surface area contributed by atoms with Crippen LogP contribution in [0.25, 0.3) is 22.0 Å². The van der Waals surface area contributed by atoms with Crippen molar-refractivity contribution in [3.63, 3.8) is 0 Å². The second-order valence-electron chi connectivity index (χ2n) is 8.89. The van der Waals surface area contributed by atoms with Gasteiger partial charge in [-0.1, -0.05) is 48.4 Å². The Bertz CT molecular complexity index is 1010. The zero-order valence-corrected chi connectivity index (χ0v) is 18.4. The predicted molar refractivity (Wildman–Crippen MR) is 128 cm³/mol. The van der Waals surface area contributed by atoms with E-state index < -0.39 is 0 Å². The highest BCUT2D eigenvalue weighted by Crippen LogP contribution is 2.25. The van der Waals surface area contributed by atoms with E-state index in [1.54, 1.807) is 0 Å². The third-order valence-corrected chi connectivity index (χ3v) is 6.29. The van der Waals surface area contributed by atoms with Gasteiger partial charge in [-0.05, 0) is 68.8 Å². The topological polar surface area (TPSA) is 82.9 Å². The first-order chi connectivity index (χ1) is 15.1. The number of hydrogen-bond acceptors (Lipinski definition) is 3. The lowest BCUT2D eigenvalue weighted by molar-refractivity contribution is 0.0949. The van der Waals surface area contributed by atoms with Gasteiger partial charge in [0.05, 0.1) is 0 Å². The van der Waals surface area contributed by atoms with Crippen LogP contribution in [0.3, 0.4) is 0 Å². The number of benzene rings is 2. The molecule has 2 unspecified atom stereocenters. The standard InChI is InChI=1S/C26H34N4O/c1-18-7-9-19(10-8-18)20-11-12-21-16-25(30-24(21)15-20)26(31)29-14-3-2-13-28-23-6-4-5-22(27)17-23/h7-12,15-16,22-23,28,30H,2-6,13-14,17,27H2,1H3,(H,29,31). The summed E-state index contributed by atoms with van der Waals surface area (Å²) in [6, 6.07) is 17.6. The van der Waals surface area contributed by atoms with E-state index in [-0.39, 0.29) is 5.91 Å². The molecule has 0 bridgehead atoms. The molecule has 5 N–H and O–H groups in total. The predicted octanol–water partition coefficient (Wildman–Crippen LogP) is 4.51. The summed E-state index contributed by atoms with van der Waals surface area (Å²) >= 11 is 0.